The van der Waals surface area contributed by atoms with Crippen LogP contribution in [-0.2, 0) is 14.3 Å². The number of likely N-dealkylation sites (tertiary alicyclic amines) is 1. The van der Waals surface area contributed by atoms with E-state index in [1.807, 2.05) is 20.8 Å². The van der Waals surface area contributed by atoms with Crippen molar-refractivity contribution in [2.75, 3.05) is 26.9 Å². The molecule has 2 aromatic rings. The van der Waals surface area contributed by atoms with Crippen LogP contribution in [0.3, 0.4) is 0 Å². The highest BCUT2D eigenvalue weighted by Gasteiger charge is 2.45. The number of aliphatic hydroxyl groups excluding tert-OH is 1. The number of amides is 1. The van der Waals surface area contributed by atoms with Crippen LogP contribution in [0.15, 0.2) is 54.1 Å². The van der Waals surface area contributed by atoms with E-state index in [-0.39, 0.29) is 17.4 Å². The van der Waals surface area contributed by atoms with E-state index in [4.69, 9.17) is 14.2 Å². The Morgan fingerprint density at radius 1 is 1.06 bits per heavy atom. The molecule has 7 nitrogen and oxygen atoms in total. The molecule has 0 aliphatic carbocycles. The Morgan fingerprint density at radius 3 is 2.44 bits per heavy atom. The minimum Gasteiger partial charge on any atom is -0.507 e. The number of hydrogen-bond acceptors (Lipinski definition) is 6. The summed E-state index contributed by atoms with van der Waals surface area (Å²) in [7, 11) is 1.57. The summed E-state index contributed by atoms with van der Waals surface area (Å²) in [5.41, 5.74) is 1.20. The van der Waals surface area contributed by atoms with Crippen molar-refractivity contribution in [2.45, 2.75) is 45.8 Å². The standard InChI is InChI=1S/C27H33NO6/c1-5-15-34-22-9-6-8-20(17-22)25(29)23-24(19-10-12-21(32-4)13-11-19)28(27(31)26(23)30)14-7-16-33-18(2)3/h6,8-13,17-18,24,29H,5,7,14-16H2,1-4H3/b25-23-. The number of ether oxygens (including phenoxy) is 3. The Morgan fingerprint density at radius 2 is 1.79 bits per heavy atom. The smallest absolute Gasteiger partial charge is 0.295 e. The third-order valence-corrected chi connectivity index (χ3v) is 5.55. The van der Waals surface area contributed by atoms with Gasteiger partial charge in [0, 0.05) is 18.7 Å². The Kier molecular flexibility index (Phi) is 8.71. The molecular weight excluding hydrogens is 434 g/mol. The molecule has 2 aromatic carbocycles. The molecule has 1 atom stereocenters. The first-order valence-electron chi connectivity index (χ1n) is 11.6. The van der Waals surface area contributed by atoms with Gasteiger partial charge >= 0.3 is 0 Å². The lowest BCUT2D eigenvalue weighted by Gasteiger charge is -2.25. The molecule has 0 radical (unpaired) electrons. The van der Waals surface area contributed by atoms with Gasteiger partial charge in [-0.1, -0.05) is 31.2 Å². The number of nitrogens with zero attached hydrogens (tertiary/aromatic N) is 1. The van der Waals surface area contributed by atoms with E-state index >= 15 is 0 Å². The maximum Gasteiger partial charge on any atom is 0.295 e. The highest BCUT2D eigenvalue weighted by atomic mass is 16.5. The minimum atomic E-state index is -0.717. The summed E-state index contributed by atoms with van der Waals surface area (Å²) < 4.78 is 16.5. The molecule has 1 unspecified atom stereocenters. The van der Waals surface area contributed by atoms with Gasteiger partial charge in [-0.3, -0.25) is 9.59 Å². The Labute approximate surface area is 200 Å². The predicted molar refractivity (Wildman–Crippen MR) is 130 cm³/mol. The van der Waals surface area contributed by atoms with E-state index in [9.17, 15) is 14.7 Å². The van der Waals surface area contributed by atoms with E-state index in [0.29, 0.717) is 48.8 Å². The van der Waals surface area contributed by atoms with Crippen LogP contribution in [0.5, 0.6) is 11.5 Å². The van der Waals surface area contributed by atoms with Crippen LogP contribution in [0.1, 0.15) is 50.8 Å². The van der Waals surface area contributed by atoms with Gasteiger partial charge in [0.2, 0.25) is 0 Å². The summed E-state index contributed by atoms with van der Waals surface area (Å²) in [6.45, 7) is 7.23. The second kappa shape index (κ2) is 11.7. The first-order chi connectivity index (χ1) is 16.4. The van der Waals surface area contributed by atoms with E-state index < -0.39 is 17.7 Å². The molecule has 7 heteroatoms. The number of methoxy groups -OCH3 is 1. The monoisotopic (exact) mass is 467 g/mol. The summed E-state index contributed by atoms with van der Waals surface area (Å²) in [6.07, 6.45) is 1.49. The summed E-state index contributed by atoms with van der Waals surface area (Å²) in [6, 6.07) is 13.4. The number of aliphatic hydroxyl groups is 1. The summed E-state index contributed by atoms with van der Waals surface area (Å²) in [5, 5.41) is 11.2. The van der Waals surface area contributed by atoms with Gasteiger partial charge in [-0.15, -0.1) is 0 Å². The predicted octanol–water partition coefficient (Wildman–Crippen LogP) is 4.72. The zero-order valence-electron chi connectivity index (χ0n) is 20.2. The summed E-state index contributed by atoms with van der Waals surface area (Å²) in [4.78, 5) is 27.7. The topological polar surface area (TPSA) is 85.3 Å². The molecule has 1 N–H and O–H groups in total. The van der Waals surface area contributed by atoms with Gasteiger partial charge in [-0.25, -0.2) is 0 Å². The lowest BCUT2D eigenvalue weighted by atomic mass is 9.95. The van der Waals surface area contributed by atoms with Crippen molar-refractivity contribution >= 4 is 17.4 Å². The van der Waals surface area contributed by atoms with Crippen LogP contribution in [0, 0.1) is 0 Å². The Hall–Kier alpha value is -3.32. The highest BCUT2D eigenvalue weighted by Crippen LogP contribution is 2.40. The molecule has 1 aliphatic rings. The van der Waals surface area contributed by atoms with Gasteiger partial charge in [0.05, 0.1) is 31.4 Å². The van der Waals surface area contributed by atoms with Crippen LogP contribution in [0.2, 0.25) is 0 Å². The van der Waals surface area contributed by atoms with Crippen molar-refractivity contribution in [3.63, 3.8) is 0 Å². The van der Waals surface area contributed by atoms with Gasteiger partial charge < -0.3 is 24.2 Å². The average Bonchev–Trinajstić information content (AvgIpc) is 3.10. The summed E-state index contributed by atoms with van der Waals surface area (Å²) >= 11 is 0. The number of carbonyl (C=O) groups is 2. The molecule has 0 bridgehead atoms. The normalized spacial score (nSPS) is 17.4. The number of ketones is 1. The lowest BCUT2D eigenvalue weighted by molar-refractivity contribution is -0.140. The number of carbonyl (C=O) groups excluding carboxylic acids is 2. The third-order valence-electron chi connectivity index (χ3n) is 5.55. The fourth-order valence-corrected chi connectivity index (χ4v) is 3.91. The first kappa shape index (κ1) is 25.3. The maximum absolute atomic E-state index is 13.1. The SMILES string of the molecule is CCCOc1cccc(/C(O)=C2/C(=O)C(=O)N(CCCOC(C)C)C2c2ccc(OC)cc2)c1. The van der Waals surface area contributed by atoms with Crippen molar-refractivity contribution in [3.8, 4) is 11.5 Å². The van der Waals surface area contributed by atoms with Crippen molar-refractivity contribution in [1.82, 2.24) is 4.90 Å². The largest absolute Gasteiger partial charge is 0.507 e. The maximum atomic E-state index is 13.1. The quantitative estimate of drug-likeness (QED) is 0.223. The third kappa shape index (κ3) is 5.78. The van der Waals surface area contributed by atoms with Gasteiger partial charge in [0.1, 0.15) is 17.3 Å². The van der Waals surface area contributed by atoms with Gasteiger partial charge in [0.15, 0.2) is 0 Å². The summed E-state index contributed by atoms with van der Waals surface area (Å²) in [5.74, 6) is -0.311. The molecule has 1 amide bonds. The molecule has 182 valence electrons. The Bertz CT molecular complexity index is 1030. The molecule has 3 rings (SSSR count). The molecule has 1 aliphatic heterocycles. The van der Waals surface area contributed by atoms with Gasteiger partial charge in [-0.2, -0.15) is 0 Å². The van der Waals surface area contributed by atoms with Crippen molar-refractivity contribution in [1.29, 1.82) is 0 Å². The molecular formula is C27H33NO6. The molecule has 34 heavy (non-hydrogen) atoms. The molecule has 0 aromatic heterocycles. The lowest BCUT2D eigenvalue weighted by Crippen LogP contribution is -2.31. The fraction of sp³-hybridized carbons (Fsp3) is 0.407. The van der Waals surface area contributed by atoms with Gasteiger partial charge in [0.25, 0.3) is 11.7 Å². The van der Waals surface area contributed by atoms with Crippen LogP contribution >= 0.6 is 0 Å². The number of rotatable bonds is 11. The molecule has 1 fully saturated rings. The van der Waals surface area contributed by atoms with Crippen LogP contribution < -0.4 is 9.47 Å². The minimum absolute atomic E-state index is 0.0626. The average molecular weight is 468 g/mol. The Balaban J connectivity index is 2.01. The zero-order chi connectivity index (χ0) is 24.7. The van der Waals surface area contributed by atoms with Gasteiger partial charge in [-0.05, 0) is 56.5 Å². The molecule has 1 saturated heterocycles. The van der Waals surface area contributed by atoms with E-state index in [1.54, 1.807) is 55.6 Å². The second-order valence-corrected chi connectivity index (χ2v) is 8.42. The number of hydrogen-bond donors (Lipinski definition) is 1. The fourth-order valence-electron chi connectivity index (χ4n) is 3.91. The molecule has 0 saturated carbocycles. The van der Waals surface area contributed by atoms with Crippen molar-refractivity contribution in [2.24, 2.45) is 0 Å². The second-order valence-electron chi connectivity index (χ2n) is 8.42. The van der Waals surface area contributed by atoms with E-state index in [2.05, 4.69) is 0 Å². The zero-order valence-corrected chi connectivity index (χ0v) is 20.2. The van der Waals surface area contributed by atoms with E-state index in [0.717, 1.165) is 6.42 Å². The van der Waals surface area contributed by atoms with Crippen molar-refractivity contribution in [3.05, 3.63) is 65.2 Å². The highest BCUT2D eigenvalue weighted by molar-refractivity contribution is 6.46. The number of Topliss-reactive ketones (excluding diaryl/α,β-unsaturated/α-hetero) is 1. The van der Waals surface area contributed by atoms with Crippen LogP contribution in [0.4, 0.5) is 0 Å². The molecule has 0 spiro atoms. The van der Waals surface area contributed by atoms with E-state index in [1.165, 1.54) is 4.90 Å². The molecule has 1 heterocycles. The first-order valence-corrected chi connectivity index (χ1v) is 11.6. The van der Waals surface area contributed by atoms with Crippen LogP contribution in [-0.4, -0.2) is 54.7 Å². The van der Waals surface area contributed by atoms with Crippen LogP contribution in [0.25, 0.3) is 5.76 Å². The van der Waals surface area contributed by atoms with Crippen molar-refractivity contribution < 1.29 is 28.9 Å². The number of benzene rings is 2.